The van der Waals surface area contributed by atoms with Crippen molar-refractivity contribution in [2.75, 3.05) is 17.7 Å². The number of thiophene rings is 1. The molecule has 1 aliphatic rings. The first-order chi connectivity index (χ1) is 22.0. The lowest BCUT2D eigenvalue weighted by Gasteiger charge is -2.22. The number of benzene rings is 4. The van der Waals surface area contributed by atoms with E-state index >= 15 is 0 Å². The van der Waals surface area contributed by atoms with Gasteiger partial charge >= 0.3 is 0 Å². The molecule has 2 N–H and O–H groups in total. The molecule has 0 spiro atoms. The second kappa shape index (κ2) is 13.9. The number of hydrogen-bond donors (Lipinski definition) is 2. The van der Waals surface area contributed by atoms with E-state index in [1.165, 1.54) is 33.5 Å². The third-order valence-electron chi connectivity index (χ3n) is 7.92. The maximum Gasteiger partial charge on any atom is 0.255 e. The van der Waals surface area contributed by atoms with Gasteiger partial charge in [-0.2, -0.15) is 5.26 Å². The van der Waals surface area contributed by atoms with Gasteiger partial charge in [0, 0.05) is 21.0 Å². The minimum atomic E-state index is -0.582. The Bertz CT molecular complexity index is 1850. The average molecular weight is 630 g/mol. The summed E-state index contributed by atoms with van der Waals surface area (Å²) in [6, 6.07) is 36.9. The third-order valence-corrected chi connectivity index (χ3v) is 10.3. The number of methoxy groups -OCH3 is 1. The highest BCUT2D eigenvalue weighted by Gasteiger charge is 2.29. The number of nitriles is 1. The molecule has 1 aromatic heterocycles. The van der Waals surface area contributed by atoms with Gasteiger partial charge in [0.2, 0.25) is 5.91 Å². The van der Waals surface area contributed by atoms with Gasteiger partial charge in [0.25, 0.3) is 5.91 Å². The monoisotopic (exact) mass is 629 g/mol. The zero-order valence-electron chi connectivity index (χ0n) is 24.7. The predicted octanol–water partition coefficient (Wildman–Crippen LogP) is 8.63. The maximum absolute atomic E-state index is 14.0. The van der Waals surface area contributed by atoms with Gasteiger partial charge < -0.3 is 15.4 Å². The van der Waals surface area contributed by atoms with Gasteiger partial charge in [-0.3, -0.25) is 9.59 Å². The summed E-state index contributed by atoms with van der Waals surface area (Å²) < 4.78 is 5.19. The highest BCUT2D eigenvalue weighted by molar-refractivity contribution is 8.00. The molecule has 0 fully saturated rings. The van der Waals surface area contributed by atoms with Crippen molar-refractivity contribution >= 4 is 45.6 Å². The Labute approximate surface area is 271 Å². The van der Waals surface area contributed by atoms with Crippen LogP contribution >= 0.6 is 23.1 Å². The van der Waals surface area contributed by atoms with Crippen molar-refractivity contribution in [1.29, 1.82) is 5.26 Å². The summed E-state index contributed by atoms with van der Waals surface area (Å²) in [4.78, 5) is 28.8. The fraction of sp³-hybridized carbons (Fsp3) is 0.162. The highest BCUT2D eigenvalue weighted by atomic mass is 32.2. The van der Waals surface area contributed by atoms with Crippen molar-refractivity contribution in [3.63, 3.8) is 0 Å². The number of fused-ring (bicyclic) bond motifs is 1. The number of rotatable bonds is 9. The lowest BCUT2D eigenvalue weighted by Crippen LogP contribution is -2.19. The first kappa shape index (κ1) is 30.2. The van der Waals surface area contributed by atoms with E-state index in [1.807, 2.05) is 60.7 Å². The van der Waals surface area contributed by atoms with Crippen LogP contribution in [-0.2, 0) is 17.6 Å². The molecule has 5 aromatic rings. The minimum Gasteiger partial charge on any atom is -0.497 e. The Morgan fingerprint density at radius 3 is 2.38 bits per heavy atom. The van der Waals surface area contributed by atoms with Gasteiger partial charge in [-0.05, 0) is 84.3 Å². The average Bonchev–Trinajstić information content (AvgIpc) is 3.44. The topological polar surface area (TPSA) is 91.2 Å². The first-order valence-electron chi connectivity index (χ1n) is 14.7. The number of amides is 2. The second-order valence-corrected chi connectivity index (χ2v) is 13.1. The van der Waals surface area contributed by atoms with E-state index in [0.717, 1.165) is 35.3 Å². The SMILES string of the molecule is COc1ccc(C(=O)Nc2cccc(SC(C(=O)Nc3sc4c(c3C#N)CCC(c3ccccc3)C4)c3ccccc3)c2)cc1. The van der Waals surface area contributed by atoms with Gasteiger partial charge in [0.05, 0.1) is 12.7 Å². The number of nitrogens with zero attached hydrogens (tertiary/aromatic N) is 1. The molecule has 0 saturated heterocycles. The van der Waals surface area contributed by atoms with E-state index in [1.54, 1.807) is 31.4 Å². The Morgan fingerprint density at radius 1 is 0.933 bits per heavy atom. The van der Waals surface area contributed by atoms with Gasteiger partial charge in [-0.15, -0.1) is 23.1 Å². The molecule has 1 heterocycles. The van der Waals surface area contributed by atoms with Crippen LogP contribution in [0.3, 0.4) is 0 Å². The summed E-state index contributed by atoms with van der Waals surface area (Å²) in [5.74, 6) is 0.639. The molecule has 2 amide bonds. The van der Waals surface area contributed by atoms with E-state index < -0.39 is 5.25 Å². The number of thioether (sulfide) groups is 1. The van der Waals surface area contributed by atoms with Gasteiger partial charge in [-0.25, -0.2) is 0 Å². The Kier molecular flexibility index (Phi) is 9.30. The summed E-state index contributed by atoms with van der Waals surface area (Å²) in [6.45, 7) is 0. The Morgan fingerprint density at radius 2 is 1.67 bits per heavy atom. The molecule has 1 aliphatic carbocycles. The van der Waals surface area contributed by atoms with Crippen molar-refractivity contribution in [2.24, 2.45) is 0 Å². The van der Waals surface area contributed by atoms with Gasteiger partial charge in [-0.1, -0.05) is 66.7 Å². The molecule has 4 aromatic carbocycles. The molecule has 6 rings (SSSR count). The standard InChI is InChI=1S/C37H31N3O3S2/c1-43-29-18-15-26(16-19-29)35(41)39-28-13-8-14-30(22-28)44-34(25-11-6-3-7-12-25)36(42)40-37-32(23-38)31-20-17-27(21-33(31)45-37)24-9-4-2-5-10-24/h2-16,18-19,22,27,34H,17,20-21H2,1H3,(H,39,41)(H,40,42). The molecule has 0 aliphatic heterocycles. The fourth-order valence-electron chi connectivity index (χ4n) is 5.61. The Balaban J connectivity index is 1.21. The van der Waals surface area contributed by atoms with Crippen molar-refractivity contribution in [2.45, 2.75) is 35.3 Å². The van der Waals surface area contributed by atoms with Crippen LogP contribution in [0.4, 0.5) is 10.7 Å². The summed E-state index contributed by atoms with van der Waals surface area (Å²) >= 11 is 2.92. The predicted molar refractivity (Wildman–Crippen MR) is 181 cm³/mol. The van der Waals surface area contributed by atoms with E-state index in [-0.39, 0.29) is 11.8 Å². The molecule has 2 unspecified atom stereocenters. The molecule has 6 nitrogen and oxygen atoms in total. The van der Waals surface area contributed by atoms with Crippen molar-refractivity contribution in [3.05, 3.63) is 142 Å². The maximum atomic E-state index is 14.0. The fourth-order valence-corrected chi connectivity index (χ4v) is 7.97. The van der Waals surface area contributed by atoms with Crippen LogP contribution < -0.4 is 15.4 Å². The quantitative estimate of drug-likeness (QED) is 0.159. The highest BCUT2D eigenvalue weighted by Crippen LogP contribution is 2.43. The molecule has 0 saturated carbocycles. The van der Waals surface area contributed by atoms with E-state index in [2.05, 4.69) is 41.0 Å². The molecule has 45 heavy (non-hydrogen) atoms. The lowest BCUT2D eigenvalue weighted by molar-refractivity contribution is -0.115. The van der Waals surface area contributed by atoms with Gasteiger partial charge in [0.1, 0.15) is 22.1 Å². The summed E-state index contributed by atoms with van der Waals surface area (Å²) in [6.07, 6.45) is 2.65. The second-order valence-electron chi connectivity index (χ2n) is 10.8. The minimum absolute atomic E-state index is 0.200. The van der Waals surface area contributed by atoms with E-state index in [4.69, 9.17) is 4.74 Å². The number of carbonyl (C=O) groups excluding carboxylic acids is 2. The van der Waals surface area contributed by atoms with Crippen LogP contribution in [0.1, 0.15) is 55.1 Å². The molecular weight excluding hydrogens is 599 g/mol. The van der Waals surface area contributed by atoms with Crippen LogP contribution in [0.2, 0.25) is 0 Å². The summed E-state index contributed by atoms with van der Waals surface area (Å²) in [5.41, 5.74) is 4.93. The molecule has 8 heteroatoms. The van der Waals surface area contributed by atoms with Crippen LogP contribution in [-0.4, -0.2) is 18.9 Å². The van der Waals surface area contributed by atoms with Crippen LogP contribution in [0, 0.1) is 11.3 Å². The normalized spacial score (nSPS) is 14.4. The molecular formula is C37H31N3O3S2. The van der Waals surface area contributed by atoms with Crippen molar-refractivity contribution in [3.8, 4) is 11.8 Å². The number of anilines is 2. The summed E-state index contributed by atoms with van der Waals surface area (Å²) in [5, 5.41) is 16.2. The largest absolute Gasteiger partial charge is 0.497 e. The Hall–Kier alpha value is -4.84. The third kappa shape index (κ3) is 6.96. The van der Waals surface area contributed by atoms with Crippen molar-refractivity contribution < 1.29 is 14.3 Å². The number of hydrogen-bond acceptors (Lipinski definition) is 6. The van der Waals surface area contributed by atoms with Gasteiger partial charge in [0.15, 0.2) is 0 Å². The van der Waals surface area contributed by atoms with E-state index in [9.17, 15) is 14.9 Å². The number of carbonyl (C=O) groups is 2. The molecule has 2 atom stereocenters. The zero-order valence-corrected chi connectivity index (χ0v) is 26.3. The van der Waals surface area contributed by atoms with Crippen LogP contribution in [0.25, 0.3) is 0 Å². The smallest absolute Gasteiger partial charge is 0.255 e. The van der Waals surface area contributed by atoms with Crippen molar-refractivity contribution in [1.82, 2.24) is 0 Å². The summed E-state index contributed by atoms with van der Waals surface area (Å²) in [7, 11) is 1.58. The molecule has 0 radical (unpaired) electrons. The van der Waals surface area contributed by atoms with Crippen LogP contribution in [0.5, 0.6) is 5.75 Å². The number of nitrogens with one attached hydrogen (secondary N) is 2. The number of ether oxygens (including phenoxy) is 1. The molecule has 0 bridgehead atoms. The lowest BCUT2D eigenvalue weighted by atomic mass is 9.83. The first-order valence-corrected chi connectivity index (χ1v) is 16.4. The van der Waals surface area contributed by atoms with Crippen LogP contribution in [0.15, 0.2) is 114 Å². The van der Waals surface area contributed by atoms with E-state index in [0.29, 0.717) is 33.5 Å². The zero-order chi connectivity index (χ0) is 31.2. The molecule has 224 valence electrons.